The van der Waals surface area contributed by atoms with Gasteiger partial charge in [-0.3, -0.25) is 9.59 Å². The van der Waals surface area contributed by atoms with Crippen LogP contribution in [-0.2, 0) is 15.7 Å². The Morgan fingerprint density at radius 1 is 1.14 bits per heavy atom. The molecule has 0 saturated carbocycles. The summed E-state index contributed by atoms with van der Waals surface area (Å²) in [7, 11) is 0. The van der Waals surface area contributed by atoms with E-state index in [1.54, 1.807) is 11.1 Å². The van der Waals surface area contributed by atoms with Gasteiger partial charge in [-0.1, -0.05) is 6.07 Å². The number of pyridine rings is 1. The third-order valence-electron chi connectivity index (χ3n) is 6.82. The minimum absolute atomic E-state index is 0.109. The van der Waals surface area contributed by atoms with Crippen LogP contribution in [0.3, 0.4) is 0 Å². The number of nitrogens with zero attached hydrogens (tertiary/aromatic N) is 4. The van der Waals surface area contributed by atoms with Crippen LogP contribution in [-0.4, -0.2) is 65.5 Å². The van der Waals surface area contributed by atoms with Gasteiger partial charge in [-0.15, -0.1) is 0 Å². The molecule has 1 aromatic carbocycles. The van der Waals surface area contributed by atoms with Crippen molar-refractivity contribution in [2.45, 2.75) is 25.9 Å². The number of alkyl halides is 3. The number of nitrogens with one attached hydrogen (secondary N) is 1. The Balaban J connectivity index is 1.34. The van der Waals surface area contributed by atoms with Crippen LogP contribution in [0.2, 0.25) is 0 Å². The zero-order valence-corrected chi connectivity index (χ0v) is 21.0. The van der Waals surface area contributed by atoms with E-state index in [0.717, 1.165) is 33.7 Å². The van der Waals surface area contributed by atoms with Gasteiger partial charge in [0.05, 0.1) is 41.1 Å². The second kappa shape index (κ2) is 10.3. The van der Waals surface area contributed by atoms with Crippen LogP contribution in [0.15, 0.2) is 30.5 Å². The van der Waals surface area contributed by atoms with Crippen LogP contribution in [0.4, 0.5) is 24.5 Å². The summed E-state index contributed by atoms with van der Waals surface area (Å²) < 4.78 is 48.9. The molecule has 2 aliphatic heterocycles. The Morgan fingerprint density at radius 3 is 2.57 bits per heavy atom. The molecule has 0 atom stereocenters. The van der Waals surface area contributed by atoms with E-state index in [1.165, 1.54) is 23.7 Å². The fraction of sp³-hybridized carbons (Fsp3) is 0.440. The monoisotopic (exact) mass is 533 g/mol. The van der Waals surface area contributed by atoms with Gasteiger partial charge in [-0.2, -0.15) is 17.5 Å². The molecule has 37 heavy (non-hydrogen) atoms. The lowest BCUT2D eigenvalue weighted by Crippen LogP contribution is -2.42. The Kier molecular flexibility index (Phi) is 7.04. The van der Waals surface area contributed by atoms with Crippen molar-refractivity contribution in [3.8, 4) is 0 Å². The second-order valence-corrected chi connectivity index (χ2v) is 9.95. The summed E-state index contributed by atoms with van der Waals surface area (Å²) in [6, 6.07) is 4.64. The summed E-state index contributed by atoms with van der Waals surface area (Å²) >= 11 is 1.28. The third kappa shape index (κ3) is 5.26. The molecule has 2 amide bonds. The van der Waals surface area contributed by atoms with Crippen molar-refractivity contribution in [1.29, 1.82) is 0 Å². The number of piperidine rings is 1. The number of rotatable bonds is 4. The summed E-state index contributed by atoms with van der Waals surface area (Å²) in [5.74, 6) is -0.775. The Bertz CT molecular complexity index is 1310. The standard InChI is InChI=1S/C25H26F3N5O3S/c1-15-20-21(19(14-29-23(20)37-31-15)24(35)33-9-11-36-12-10-33)32-7-5-16(6-8-32)22(34)30-18-4-2-3-17(13-18)25(26,27)28/h2-4,13-14,16H,5-12H2,1H3,(H,30,34). The Labute approximate surface area is 215 Å². The van der Waals surface area contributed by atoms with Crippen LogP contribution in [0, 0.1) is 12.8 Å². The van der Waals surface area contributed by atoms with Crippen molar-refractivity contribution in [3.05, 3.63) is 47.3 Å². The van der Waals surface area contributed by atoms with Gasteiger partial charge in [0.25, 0.3) is 5.91 Å². The van der Waals surface area contributed by atoms with E-state index in [4.69, 9.17) is 4.74 Å². The molecule has 0 bridgehead atoms. The van der Waals surface area contributed by atoms with Crippen molar-refractivity contribution in [2.24, 2.45) is 5.92 Å². The number of aryl methyl sites for hydroxylation is 1. The molecule has 2 fully saturated rings. The maximum absolute atomic E-state index is 13.5. The molecule has 4 heterocycles. The lowest BCUT2D eigenvalue weighted by Gasteiger charge is -2.35. The number of carbonyl (C=O) groups excluding carboxylic acids is 2. The minimum atomic E-state index is -4.48. The van der Waals surface area contributed by atoms with E-state index < -0.39 is 11.7 Å². The molecule has 2 saturated heterocycles. The number of anilines is 2. The van der Waals surface area contributed by atoms with Crippen LogP contribution in [0.25, 0.3) is 10.2 Å². The van der Waals surface area contributed by atoms with Gasteiger partial charge < -0.3 is 19.9 Å². The first-order valence-corrected chi connectivity index (χ1v) is 12.8. The van der Waals surface area contributed by atoms with E-state index in [1.807, 2.05) is 6.92 Å². The average molecular weight is 534 g/mol. The first-order chi connectivity index (χ1) is 17.7. The number of morpholine rings is 1. The Morgan fingerprint density at radius 2 is 1.86 bits per heavy atom. The average Bonchev–Trinajstić information content (AvgIpc) is 3.28. The third-order valence-corrected chi connectivity index (χ3v) is 7.66. The summed E-state index contributed by atoms with van der Waals surface area (Å²) in [6.45, 7) is 4.91. The van der Waals surface area contributed by atoms with Gasteiger partial charge in [0.1, 0.15) is 4.83 Å². The lowest BCUT2D eigenvalue weighted by molar-refractivity contribution is -0.137. The second-order valence-electron chi connectivity index (χ2n) is 9.20. The van der Waals surface area contributed by atoms with Crippen molar-refractivity contribution >= 4 is 44.9 Å². The molecule has 5 rings (SSSR count). The van der Waals surface area contributed by atoms with Crippen LogP contribution in [0.5, 0.6) is 0 Å². The van der Waals surface area contributed by atoms with Gasteiger partial charge >= 0.3 is 6.18 Å². The SMILES string of the molecule is Cc1nsc2ncc(C(=O)N3CCOCC3)c(N3CCC(C(=O)Nc4cccc(C(F)(F)F)c4)CC3)c12. The first kappa shape index (κ1) is 25.4. The number of ether oxygens (including phenoxy) is 1. The minimum Gasteiger partial charge on any atom is -0.378 e. The molecule has 0 radical (unpaired) electrons. The first-order valence-electron chi connectivity index (χ1n) is 12.1. The molecule has 2 aliphatic rings. The van der Waals surface area contributed by atoms with E-state index in [-0.39, 0.29) is 23.4 Å². The largest absolute Gasteiger partial charge is 0.416 e. The molecule has 3 aromatic rings. The summed E-state index contributed by atoms with van der Waals surface area (Å²) in [4.78, 5) is 35.4. The smallest absolute Gasteiger partial charge is 0.378 e. The van der Waals surface area contributed by atoms with Gasteiger partial charge in [0.2, 0.25) is 5.91 Å². The number of halogens is 3. The fourth-order valence-electron chi connectivity index (χ4n) is 4.84. The quantitative estimate of drug-likeness (QED) is 0.537. The number of carbonyl (C=O) groups is 2. The zero-order valence-electron chi connectivity index (χ0n) is 20.2. The van der Waals surface area contributed by atoms with E-state index in [0.29, 0.717) is 57.8 Å². The number of aromatic nitrogens is 2. The predicted molar refractivity (Wildman–Crippen MR) is 134 cm³/mol. The highest BCUT2D eigenvalue weighted by Gasteiger charge is 2.33. The molecule has 2 aromatic heterocycles. The topological polar surface area (TPSA) is 87.7 Å². The molecular weight excluding hydrogens is 507 g/mol. The van der Waals surface area contributed by atoms with E-state index in [9.17, 15) is 22.8 Å². The van der Waals surface area contributed by atoms with Gasteiger partial charge in [-0.25, -0.2) is 4.98 Å². The summed E-state index contributed by atoms with van der Waals surface area (Å²) in [6.07, 6.45) is -1.88. The van der Waals surface area contributed by atoms with Gasteiger partial charge in [0, 0.05) is 44.0 Å². The number of fused-ring (bicyclic) bond motifs is 1. The maximum atomic E-state index is 13.5. The summed E-state index contributed by atoms with van der Waals surface area (Å²) in [5.41, 5.74) is 1.40. The summed E-state index contributed by atoms with van der Waals surface area (Å²) in [5, 5.41) is 3.48. The van der Waals surface area contributed by atoms with Gasteiger partial charge in [0.15, 0.2) is 0 Å². The number of amides is 2. The normalized spacial score (nSPS) is 17.3. The van der Waals surface area contributed by atoms with Crippen LogP contribution < -0.4 is 10.2 Å². The van der Waals surface area contributed by atoms with Crippen LogP contribution >= 0.6 is 11.5 Å². The van der Waals surface area contributed by atoms with Crippen molar-refractivity contribution in [2.75, 3.05) is 49.6 Å². The van der Waals surface area contributed by atoms with Crippen molar-refractivity contribution in [3.63, 3.8) is 0 Å². The molecule has 0 aliphatic carbocycles. The Hall–Kier alpha value is -3.25. The van der Waals surface area contributed by atoms with Crippen molar-refractivity contribution in [1.82, 2.24) is 14.3 Å². The van der Waals surface area contributed by atoms with E-state index >= 15 is 0 Å². The molecule has 196 valence electrons. The van der Waals surface area contributed by atoms with Gasteiger partial charge in [-0.05, 0) is 49.5 Å². The highest BCUT2D eigenvalue weighted by molar-refractivity contribution is 7.13. The molecule has 0 spiro atoms. The number of benzene rings is 1. The predicted octanol–water partition coefficient (Wildman–Crippen LogP) is 4.35. The number of hydrogen-bond donors (Lipinski definition) is 1. The number of hydrogen-bond acceptors (Lipinski definition) is 7. The lowest BCUT2D eigenvalue weighted by atomic mass is 9.94. The molecule has 0 unspecified atom stereocenters. The molecule has 1 N–H and O–H groups in total. The zero-order chi connectivity index (χ0) is 26.2. The molecule has 8 nitrogen and oxygen atoms in total. The highest BCUT2D eigenvalue weighted by Crippen LogP contribution is 2.37. The molecular formula is C25H26F3N5O3S. The maximum Gasteiger partial charge on any atom is 0.416 e. The highest BCUT2D eigenvalue weighted by atomic mass is 32.1. The van der Waals surface area contributed by atoms with Crippen molar-refractivity contribution < 1.29 is 27.5 Å². The van der Waals surface area contributed by atoms with E-state index in [2.05, 4.69) is 19.6 Å². The van der Waals surface area contributed by atoms with Crippen LogP contribution in [0.1, 0.15) is 34.5 Å². The fourth-order valence-corrected chi connectivity index (χ4v) is 5.59. The molecule has 12 heteroatoms.